The monoisotopic (exact) mass is 305 g/mol. The second-order valence-electron chi connectivity index (χ2n) is 3.11. The zero-order chi connectivity index (χ0) is 12.1. The molecule has 1 aromatic rings. The summed E-state index contributed by atoms with van der Waals surface area (Å²) in [6.07, 6.45) is 0.292. The zero-order valence-corrected chi connectivity index (χ0v) is 10.5. The minimum Gasteiger partial charge on any atom is -0.481 e. The van der Waals surface area contributed by atoms with Crippen LogP contribution in [0.5, 0.6) is 0 Å². The van der Waals surface area contributed by atoms with Crippen LogP contribution >= 0.6 is 27.5 Å². The first-order chi connectivity index (χ1) is 7.54. The second-order valence-corrected chi connectivity index (χ2v) is 4.37. The van der Waals surface area contributed by atoms with Gasteiger partial charge in [-0.15, -0.1) is 0 Å². The van der Waals surface area contributed by atoms with E-state index < -0.39 is 12.0 Å². The van der Waals surface area contributed by atoms with Crippen molar-refractivity contribution >= 4 is 39.9 Å². The number of carboxylic acid groups (broad SMARTS) is 1. The molecule has 0 saturated carbocycles. The van der Waals surface area contributed by atoms with E-state index in [1.807, 2.05) is 0 Å². The van der Waals surface area contributed by atoms with Crippen molar-refractivity contribution in [3.63, 3.8) is 0 Å². The van der Waals surface area contributed by atoms with Gasteiger partial charge in [-0.3, -0.25) is 9.59 Å². The summed E-state index contributed by atoms with van der Waals surface area (Å²) in [6, 6.07) is 4.47. The predicted molar refractivity (Wildman–Crippen MR) is 63.3 cm³/mol. The van der Waals surface area contributed by atoms with Crippen molar-refractivity contribution in [3.05, 3.63) is 33.3 Å². The van der Waals surface area contributed by atoms with Crippen LogP contribution in [0, 0.1) is 0 Å². The molecule has 4 nitrogen and oxygen atoms in total. The number of aliphatic carboxylic acids is 1. The average molecular weight is 307 g/mol. The van der Waals surface area contributed by atoms with E-state index in [9.17, 15) is 9.59 Å². The number of hydrogen-bond acceptors (Lipinski definition) is 2. The van der Waals surface area contributed by atoms with Crippen LogP contribution in [0.2, 0.25) is 5.02 Å². The van der Waals surface area contributed by atoms with Gasteiger partial charge < -0.3 is 10.4 Å². The van der Waals surface area contributed by atoms with Crippen LogP contribution in [0.1, 0.15) is 18.0 Å². The largest absolute Gasteiger partial charge is 0.481 e. The van der Waals surface area contributed by atoms with Crippen molar-refractivity contribution in [3.8, 4) is 0 Å². The molecule has 0 unspecified atom stereocenters. The molecular formula is C10H9BrClNO3. The van der Waals surface area contributed by atoms with Crippen LogP contribution in [-0.2, 0) is 9.59 Å². The number of amides is 1. The van der Waals surface area contributed by atoms with E-state index in [4.69, 9.17) is 16.7 Å². The van der Waals surface area contributed by atoms with Crippen molar-refractivity contribution in [2.45, 2.75) is 12.5 Å². The number of nitrogens with one attached hydrogen (secondary N) is 1. The molecule has 0 fully saturated rings. The van der Waals surface area contributed by atoms with Crippen molar-refractivity contribution in [1.82, 2.24) is 5.32 Å². The SMILES string of the molecule is O=CN[C@@H](CC(=O)O)c1ccc(Br)c(Cl)c1. The average Bonchev–Trinajstić information content (AvgIpc) is 2.21. The Morgan fingerprint density at radius 1 is 1.62 bits per heavy atom. The van der Waals surface area contributed by atoms with Gasteiger partial charge in [-0.2, -0.15) is 0 Å². The molecule has 0 heterocycles. The molecule has 16 heavy (non-hydrogen) atoms. The summed E-state index contributed by atoms with van der Waals surface area (Å²) in [4.78, 5) is 21.0. The highest BCUT2D eigenvalue weighted by atomic mass is 79.9. The first-order valence-electron chi connectivity index (χ1n) is 4.41. The summed E-state index contributed by atoms with van der Waals surface area (Å²) in [5, 5.41) is 11.6. The Labute approximate surface area is 106 Å². The van der Waals surface area contributed by atoms with E-state index in [-0.39, 0.29) is 6.42 Å². The fourth-order valence-electron chi connectivity index (χ4n) is 1.26. The number of rotatable bonds is 5. The Morgan fingerprint density at radius 2 is 2.31 bits per heavy atom. The van der Waals surface area contributed by atoms with Gasteiger partial charge >= 0.3 is 5.97 Å². The summed E-state index contributed by atoms with van der Waals surface area (Å²) in [5.74, 6) is -0.988. The molecule has 0 aromatic heterocycles. The quantitative estimate of drug-likeness (QED) is 0.821. The van der Waals surface area contributed by atoms with Crippen molar-refractivity contribution in [1.29, 1.82) is 0 Å². The van der Waals surface area contributed by atoms with Crippen LogP contribution < -0.4 is 5.32 Å². The van der Waals surface area contributed by atoms with Gasteiger partial charge in [0.2, 0.25) is 6.41 Å². The Morgan fingerprint density at radius 3 is 2.81 bits per heavy atom. The molecule has 0 bridgehead atoms. The van der Waals surface area contributed by atoms with Gasteiger partial charge in [-0.25, -0.2) is 0 Å². The Bertz CT molecular complexity index is 411. The van der Waals surface area contributed by atoms with Gasteiger partial charge in [0.25, 0.3) is 0 Å². The van der Waals surface area contributed by atoms with Crippen LogP contribution in [-0.4, -0.2) is 17.5 Å². The van der Waals surface area contributed by atoms with E-state index >= 15 is 0 Å². The van der Waals surface area contributed by atoms with Gasteiger partial charge in [0.05, 0.1) is 17.5 Å². The third-order valence-corrected chi connectivity index (χ3v) is 3.23. The van der Waals surface area contributed by atoms with Crippen molar-refractivity contribution in [2.24, 2.45) is 0 Å². The summed E-state index contributed by atoms with van der Waals surface area (Å²) in [7, 11) is 0. The molecule has 6 heteroatoms. The molecule has 1 atom stereocenters. The van der Waals surface area contributed by atoms with E-state index in [1.165, 1.54) is 0 Å². The van der Waals surface area contributed by atoms with E-state index in [0.29, 0.717) is 17.0 Å². The van der Waals surface area contributed by atoms with Crippen molar-refractivity contribution in [2.75, 3.05) is 0 Å². The normalized spacial score (nSPS) is 11.9. The topological polar surface area (TPSA) is 66.4 Å². The predicted octanol–water partition coefficient (Wildman–Crippen LogP) is 2.36. The van der Waals surface area contributed by atoms with Gasteiger partial charge in [-0.05, 0) is 33.6 Å². The summed E-state index contributed by atoms with van der Waals surface area (Å²) in [6.45, 7) is 0. The van der Waals surface area contributed by atoms with Gasteiger partial charge in [0.1, 0.15) is 0 Å². The minimum atomic E-state index is -0.988. The number of halogens is 2. The van der Waals surface area contributed by atoms with Gasteiger partial charge in [-0.1, -0.05) is 17.7 Å². The highest BCUT2D eigenvalue weighted by Gasteiger charge is 2.15. The van der Waals surface area contributed by atoms with Crippen molar-refractivity contribution < 1.29 is 14.7 Å². The molecule has 2 N–H and O–H groups in total. The molecule has 1 amide bonds. The lowest BCUT2D eigenvalue weighted by Gasteiger charge is -2.14. The third kappa shape index (κ3) is 3.50. The number of carboxylic acids is 1. The number of carbonyl (C=O) groups excluding carboxylic acids is 1. The van der Waals surface area contributed by atoms with Crippen LogP contribution in [0.15, 0.2) is 22.7 Å². The maximum Gasteiger partial charge on any atom is 0.305 e. The zero-order valence-electron chi connectivity index (χ0n) is 8.11. The highest BCUT2D eigenvalue weighted by Crippen LogP contribution is 2.27. The summed E-state index contributed by atoms with van der Waals surface area (Å²) < 4.78 is 0.720. The minimum absolute atomic E-state index is 0.184. The Balaban J connectivity index is 2.95. The van der Waals surface area contributed by atoms with Gasteiger partial charge in [0, 0.05) is 4.47 Å². The first-order valence-corrected chi connectivity index (χ1v) is 5.58. The standard InChI is InChI=1S/C10H9BrClNO3/c11-7-2-1-6(3-8(7)12)9(13-5-14)4-10(15)16/h1-3,5,9H,4H2,(H,13,14)(H,15,16)/t9-/m0/s1. The summed E-state index contributed by atoms with van der Waals surface area (Å²) in [5.41, 5.74) is 0.655. The fourth-order valence-corrected chi connectivity index (χ4v) is 1.69. The Kier molecular flexibility index (Phi) is 4.76. The maximum atomic E-state index is 10.6. The lowest BCUT2D eigenvalue weighted by molar-refractivity contribution is -0.137. The molecule has 1 rings (SSSR count). The second kappa shape index (κ2) is 5.86. The van der Waals surface area contributed by atoms with E-state index in [0.717, 1.165) is 4.47 Å². The maximum absolute atomic E-state index is 10.6. The van der Waals surface area contributed by atoms with E-state index in [2.05, 4.69) is 21.2 Å². The lowest BCUT2D eigenvalue weighted by Crippen LogP contribution is -2.22. The van der Waals surface area contributed by atoms with Crippen LogP contribution in [0.25, 0.3) is 0 Å². The smallest absolute Gasteiger partial charge is 0.305 e. The number of carbonyl (C=O) groups is 2. The highest BCUT2D eigenvalue weighted by molar-refractivity contribution is 9.10. The van der Waals surface area contributed by atoms with Crippen LogP contribution in [0.4, 0.5) is 0 Å². The molecule has 0 spiro atoms. The number of hydrogen-bond donors (Lipinski definition) is 2. The molecule has 86 valence electrons. The first kappa shape index (κ1) is 13.0. The molecule has 0 saturated heterocycles. The fraction of sp³-hybridized carbons (Fsp3) is 0.200. The molecule has 1 aromatic carbocycles. The van der Waals surface area contributed by atoms with Crippen LogP contribution in [0.3, 0.4) is 0 Å². The molecular weight excluding hydrogens is 297 g/mol. The third-order valence-electron chi connectivity index (χ3n) is 1.99. The molecule has 0 radical (unpaired) electrons. The molecule has 0 aliphatic rings. The number of benzene rings is 1. The lowest BCUT2D eigenvalue weighted by atomic mass is 10.0. The molecule has 0 aliphatic heterocycles. The Hall–Kier alpha value is -1.07. The molecule has 0 aliphatic carbocycles. The van der Waals surface area contributed by atoms with E-state index in [1.54, 1.807) is 18.2 Å². The summed E-state index contributed by atoms with van der Waals surface area (Å²) >= 11 is 9.11. The van der Waals surface area contributed by atoms with Gasteiger partial charge in [0.15, 0.2) is 0 Å².